The minimum absolute atomic E-state index is 0.260. The van der Waals surface area contributed by atoms with E-state index in [0.29, 0.717) is 38.3 Å². The predicted molar refractivity (Wildman–Crippen MR) is 133 cm³/mol. The first kappa shape index (κ1) is 24.1. The van der Waals surface area contributed by atoms with E-state index in [1.165, 1.54) is 0 Å². The smallest absolute Gasteiger partial charge is 0.243 e. The van der Waals surface area contributed by atoms with Crippen LogP contribution < -0.4 is 15.0 Å². The molecule has 7 nitrogen and oxygen atoms in total. The lowest BCUT2D eigenvalue weighted by Crippen LogP contribution is -2.32. The zero-order valence-corrected chi connectivity index (χ0v) is 20.4. The van der Waals surface area contributed by atoms with Crippen molar-refractivity contribution in [3.63, 3.8) is 0 Å². The van der Waals surface area contributed by atoms with Crippen molar-refractivity contribution in [2.24, 2.45) is 0 Å². The number of anilines is 1. The van der Waals surface area contributed by atoms with Crippen LogP contribution in [0.3, 0.4) is 0 Å². The monoisotopic (exact) mass is 497 g/mol. The number of nitrogens with one attached hydrogen (secondary N) is 1. The van der Waals surface area contributed by atoms with Gasteiger partial charge in [0.15, 0.2) is 11.7 Å². The van der Waals surface area contributed by atoms with E-state index >= 15 is 0 Å². The van der Waals surface area contributed by atoms with Crippen molar-refractivity contribution >= 4 is 46.0 Å². The molecule has 2 aromatic carbocycles. The van der Waals surface area contributed by atoms with Gasteiger partial charge in [0.2, 0.25) is 5.91 Å². The van der Waals surface area contributed by atoms with Gasteiger partial charge in [0.05, 0.1) is 34.3 Å². The summed E-state index contributed by atoms with van der Waals surface area (Å²) in [6.45, 7) is 1.84. The van der Waals surface area contributed by atoms with Crippen molar-refractivity contribution < 1.29 is 9.53 Å². The summed E-state index contributed by atoms with van der Waals surface area (Å²) in [6.07, 6.45) is 4.30. The van der Waals surface area contributed by atoms with Gasteiger partial charge in [-0.15, -0.1) is 0 Å². The Hall–Kier alpha value is -3.08. The first-order chi connectivity index (χ1) is 16.5. The maximum Gasteiger partial charge on any atom is 0.243 e. The van der Waals surface area contributed by atoms with Gasteiger partial charge in [0.1, 0.15) is 11.4 Å². The molecule has 4 rings (SSSR count). The third-order valence-electron chi connectivity index (χ3n) is 5.89. The fraction of sp³-hybridized carbons (Fsp3) is 0.360. The Morgan fingerprint density at radius 3 is 2.44 bits per heavy atom. The number of nitrogens with zero attached hydrogens (tertiary/aromatic N) is 4. The van der Waals surface area contributed by atoms with Crippen molar-refractivity contribution in [3.05, 3.63) is 57.7 Å². The number of hydrogen-bond donors (Lipinski definition) is 1. The van der Waals surface area contributed by atoms with Crippen molar-refractivity contribution in [2.75, 3.05) is 25.1 Å². The van der Waals surface area contributed by atoms with Crippen molar-refractivity contribution in [2.45, 2.75) is 38.1 Å². The molecule has 3 aromatic rings. The quantitative estimate of drug-likeness (QED) is 0.499. The summed E-state index contributed by atoms with van der Waals surface area (Å²) in [5, 5.41) is 13.6. The lowest BCUT2D eigenvalue weighted by Gasteiger charge is -2.25. The number of methoxy groups -OCH3 is 1. The van der Waals surface area contributed by atoms with Crippen molar-refractivity contribution in [3.8, 4) is 11.8 Å². The minimum atomic E-state index is -1.13. The molecule has 176 valence electrons. The van der Waals surface area contributed by atoms with Gasteiger partial charge in [0.25, 0.3) is 0 Å². The van der Waals surface area contributed by atoms with Crippen LogP contribution in [0, 0.1) is 11.3 Å². The third kappa shape index (κ3) is 5.35. The Morgan fingerprint density at radius 1 is 1.12 bits per heavy atom. The van der Waals surface area contributed by atoms with Crippen LogP contribution in [-0.4, -0.2) is 36.1 Å². The fourth-order valence-corrected chi connectivity index (χ4v) is 4.40. The van der Waals surface area contributed by atoms with Crippen molar-refractivity contribution in [1.82, 2.24) is 15.3 Å². The summed E-state index contributed by atoms with van der Waals surface area (Å²) in [5.41, 5.74) is 2.26. The molecule has 0 bridgehead atoms. The topological polar surface area (TPSA) is 91.1 Å². The average molecular weight is 498 g/mol. The molecule has 2 heterocycles. The summed E-state index contributed by atoms with van der Waals surface area (Å²) >= 11 is 12.4. The summed E-state index contributed by atoms with van der Waals surface area (Å²) in [5.74, 6) is -0.316. The standard InChI is InChI=1S/C25H25Cl2N5O2/c1-34-17-8-6-7-16(11-17)15-29-25(33)18(14-28)23-24(32-9-4-2-3-5-10-32)31-22-13-20(27)19(26)12-21(22)30-23/h6-8,11-13,18H,2-5,9-10,15H2,1H3,(H,29,33). The lowest BCUT2D eigenvalue weighted by atomic mass is 10.0. The molecule has 1 unspecified atom stereocenters. The van der Waals surface area contributed by atoms with Crippen LogP contribution in [0.2, 0.25) is 10.0 Å². The molecule has 0 aliphatic carbocycles. The highest BCUT2D eigenvalue weighted by Crippen LogP contribution is 2.32. The van der Waals surface area contributed by atoms with Crippen LogP contribution in [0.5, 0.6) is 5.75 Å². The number of nitriles is 1. The Bertz CT molecular complexity index is 1240. The first-order valence-corrected chi connectivity index (χ1v) is 12.0. The number of ether oxygens (including phenoxy) is 1. The summed E-state index contributed by atoms with van der Waals surface area (Å²) in [7, 11) is 1.59. The molecule has 1 aliphatic rings. The molecule has 1 aliphatic heterocycles. The summed E-state index contributed by atoms with van der Waals surface area (Å²) in [4.78, 5) is 24.8. The Labute approximate surface area is 208 Å². The highest BCUT2D eigenvalue weighted by atomic mass is 35.5. The van der Waals surface area contributed by atoms with Gasteiger partial charge in [-0.1, -0.05) is 48.2 Å². The lowest BCUT2D eigenvalue weighted by molar-refractivity contribution is -0.121. The van der Waals surface area contributed by atoms with Gasteiger partial charge in [-0.3, -0.25) is 4.79 Å². The number of rotatable bonds is 6. The summed E-state index contributed by atoms with van der Waals surface area (Å²) in [6, 6.07) is 12.8. The maximum absolute atomic E-state index is 13.2. The van der Waals surface area contributed by atoms with Gasteiger partial charge >= 0.3 is 0 Å². The Balaban J connectivity index is 1.69. The second-order valence-electron chi connectivity index (χ2n) is 8.22. The van der Waals surface area contributed by atoms with E-state index in [9.17, 15) is 10.1 Å². The van der Waals surface area contributed by atoms with Crippen LogP contribution in [-0.2, 0) is 11.3 Å². The third-order valence-corrected chi connectivity index (χ3v) is 6.61. The molecule has 1 saturated heterocycles. The fourth-order valence-electron chi connectivity index (χ4n) is 4.08. The van der Waals surface area contributed by atoms with Gasteiger partial charge in [-0.05, 0) is 42.7 Å². The van der Waals surface area contributed by atoms with Gasteiger partial charge in [-0.2, -0.15) is 5.26 Å². The number of aromatic nitrogens is 2. The maximum atomic E-state index is 13.2. The SMILES string of the molecule is COc1cccc(CNC(=O)C(C#N)c2nc3cc(Cl)c(Cl)cc3nc2N2CCCCCC2)c1. The first-order valence-electron chi connectivity index (χ1n) is 11.2. The largest absolute Gasteiger partial charge is 0.497 e. The normalized spacial score (nSPS) is 14.8. The highest BCUT2D eigenvalue weighted by molar-refractivity contribution is 6.42. The zero-order chi connectivity index (χ0) is 24.1. The van der Waals surface area contributed by atoms with E-state index in [-0.39, 0.29) is 6.54 Å². The summed E-state index contributed by atoms with van der Waals surface area (Å²) < 4.78 is 5.24. The molecule has 0 radical (unpaired) electrons. The van der Waals surface area contributed by atoms with Crippen LogP contribution >= 0.6 is 23.2 Å². The van der Waals surface area contributed by atoms with Crippen LogP contribution in [0.4, 0.5) is 5.82 Å². The highest BCUT2D eigenvalue weighted by Gasteiger charge is 2.29. The number of benzene rings is 2. The Morgan fingerprint density at radius 2 is 1.79 bits per heavy atom. The van der Waals surface area contributed by atoms with E-state index < -0.39 is 11.8 Å². The minimum Gasteiger partial charge on any atom is -0.497 e. The molecular formula is C25H25Cl2N5O2. The van der Waals surface area contributed by atoms with Gasteiger partial charge < -0.3 is 15.0 Å². The molecular weight excluding hydrogens is 473 g/mol. The van der Waals surface area contributed by atoms with Crippen LogP contribution in [0.1, 0.15) is 42.9 Å². The predicted octanol–water partition coefficient (Wildman–Crippen LogP) is 5.25. The van der Waals surface area contributed by atoms with Crippen LogP contribution in [0.15, 0.2) is 36.4 Å². The molecule has 1 atom stereocenters. The van der Waals surface area contributed by atoms with E-state index in [1.54, 1.807) is 19.2 Å². The van der Waals surface area contributed by atoms with E-state index in [2.05, 4.69) is 16.3 Å². The molecule has 0 saturated carbocycles. The zero-order valence-electron chi connectivity index (χ0n) is 18.9. The van der Waals surface area contributed by atoms with Gasteiger partial charge in [-0.25, -0.2) is 9.97 Å². The average Bonchev–Trinajstić information content (AvgIpc) is 3.13. The number of fused-ring (bicyclic) bond motifs is 1. The van der Waals surface area contributed by atoms with E-state index in [0.717, 1.165) is 44.3 Å². The second kappa shape index (κ2) is 10.9. The molecule has 9 heteroatoms. The number of carbonyl (C=O) groups excluding carboxylic acids is 1. The van der Waals surface area contributed by atoms with Crippen LogP contribution in [0.25, 0.3) is 11.0 Å². The molecule has 1 fully saturated rings. The molecule has 0 spiro atoms. The van der Waals surface area contributed by atoms with E-state index in [4.69, 9.17) is 37.9 Å². The second-order valence-corrected chi connectivity index (χ2v) is 9.03. The number of hydrogen-bond acceptors (Lipinski definition) is 6. The molecule has 1 N–H and O–H groups in total. The van der Waals surface area contributed by atoms with Gasteiger partial charge in [0, 0.05) is 19.6 Å². The number of halogens is 2. The van der Waals surface area contributed by atoms with Crippen molar-refractivity contribution in [1.29, 1.82) is 5.26 Å². The number of amides is 1. The Kier molecular flexibility index (Phi) is 7.71. The molecule has 1 amide bonds. The van der Waals surface area contributed by atoms with E-state index in [1.807, 2.05) is 24.3 Å². The molecule has 34 heavy (non-hydrogen) atoms. The number of carbonyl (C=O) groups is 1. The molecule has 1 aromatic heterocycles.